The standard InChI is InChI=1S/C18H28N2O3S.ClH/c1-13(2)14-7-9-15(10-8-14)17(19)11-20-18(21)12-24(22,23)16-5-3-4-6-16;/h7-10,13,16-17H,3-6,11-12,19H2,1-2H3,(H,20,21);1H. The number of hydrogen-bond acceptors (Lipinski definition) is 4. The quantitative estimate of drug-likeness (QED) is 0.751. The molecular weight excluding hydrogens is 360 g/mol. The summed E-state index contributed by atoms with van der Waals surface area (Å²) in [5.74, 6) is -0.441. The minimum Gasteiger partial charge on any atom is -0.353 e. The van der Waals surface area contributed by atoms with Crippen molar-refractivity contribution in [2.24, 2.45) is 5.73 Å². The summed E-state index contributed by atoms with van der Waals surface area (Å²) in [4.78, 5) is 11.9. The van der Waals surface area contributed by atoms with Crippen LogP contribution in [0.4, 0.5) is 0 Å². The largest absolute Gasteiger partial charge is 0.353 e. The monoisotopic (exact) mass is 388 g/mol. The van der Waals surface area contributed by atoms with E-state index in [4.69, 9.17) is 5.73 Å². The van der Waals surface area contributed by atoms with Crippen LogP contribution in [-0.2, 0) is 14.6 Å². The molecule has 1 unspecified atom stereocenters. The van der Waals surface area contributed by atoms with Crippen LogP contribution in [0, 0.1) is 0 Å². The van der Waals surface area contributed by atoms with E-state index >= 15 is 0 Å². The van der Waals surface area contributed by atoms with Gasteiger partial charge in [0.25, 0.3) is 0 Å². The van der Waals surface area contributed by atoms with Crippen molar-refractivity contribution >= 4 is 28.2 Å². The van der Waals surface area contributed by atoms with Crippen molar-refractivity contribution in [1.82, 2.24) is 5.32 Å². The van der Waals surface area contributed by atoms with Crippen molar-refractivity contribution in [3.63, 3.8) is 0 Å². The van der Waals surface area contributed by atoms with E-state index in [1.807, 2.05) is 24.3 Å². The Morgan fingerprint density at radius 2 is 1.68 bits per heavy atom. The molecule has 0 aliphatic heterocycles. The molecule has 1 aromatic carbocycles. The molecule has 142 valence electrons. The maximum absolute atomic E-state index is 12.2. The minimum absolute atomic E-state index is 0. The van der Waals surface area contributed by atoms with Crippen LogP contribution in [0.5, 0.6) is 0 Å². The van der Waals surface area contributed by atoms with Gasteiger partial charge in [-0.25, -0.2) is 8.42 Å². The molecule has 0 saturated heterocycles. The van der Waals surface area contributed by atoms with Gasteiger partial charge in [-0.3, -0.25) is 4.79 Å². The molecule has 1 aromatic rings. The molecule has 0 radical (unpaired) electrons. The number of carbonyl (C=O) groups is 1. The number of benzene rings is 1. The number of halogens is 1. The van der Waals surface area contributed by atoms with Crippen LogP contribution in [0.3, 0.4) is 0 Å². The molecule has 0 heterocycles. The van der Waals surface area contributed by atoms with Crippen molar-refractivity contribution in [3.05, 3.63) is 35.4 Å². The predicted octanol–water partition coefficient (Wildman–Crippen LogP) is 2.71. The van der Waals surface area contributed by atoms with Crippen LogP contribution in [0.1, 0.15) is 62.6 Å². The average molecular weight is 389 g/mol. The lowest BCUT2D eigenvalue weighted by Crippen LogP contribution is -2.37. The highest BCUT2D eigenvalue weighted by molar-refractivity contribution is 7.92. The molecule has 1 saturated carbocycles. The van der Waals surface area contributed by atoms with E-state index in [9.17, 15) is 13.2 Å². The van der Waals surface area contributed by atoms with E-state index in [1.165, 1.54) is 5.56 Å². The Hall–Kier alpha value is -1.11. The van der Waals surface area contributed by atoms with Crippen molar-refractivity contribution in [3.8, 4) is 0 Å². The topological polar surface area (TPSA) is 89.3 Å². The lowest BCUT2D eigenvalue weighted by molar-refractivity contribution is -0.118. The molecule has 1 aliphatic rings. The summed E-state index contributed by atoms with van der Waals surface area (Å²) >= 11 is 0. The normalized spacial score (nSPS) is 16.5. The van der Waals surface area contributed by atoms with Crippen LogP contribution >= 0.6 is 12.4 Å². The van der Waals surface area contributed by atoms with E-state index in [2.05, 4.69) is 19.2 Å². The van der Waals surface area contributed by atoms with E-state index in [-0.39, 0.29) is 30.2 Å². The lowest BCUT2D eigenvalue weighted by atomic mass is 9.99. The van der Waals surface area contributed by atoms with Crippen LogP contribution in [0.25, 0.3) is 0 Å². The Bertz CT molecular complexity index is 653. The lowest BCUT2D eigenvalue weighted by Gasteiger charge is -2.15. The van der Waals surface area contributed by atoms with Gasteiger partial charge < -0.3 is 11.1 Å². The number of hydrogen-bond donors (Lipinski definition) is 2. The maximum Gasteiger partial charge on any atom is 0.235 e. The molecule has 1 fully saturated rings. The minimum atomic E-state index is -3.34. The van der Waals surface area contributed by atoms with E-state index < -0.39 is 21.5 Å². The van der Waals surface area contributed by atoms with Gasteiger partial charge in [0.1, 0.15) is 5.75 Å². The molecule has 5 nitrogen and oxygen atoms in total. The molecule has 1 atom stereocenters. The molecule has 7 heteroatoms. The van der Waals surface area contributed by atoms with Crippen LogP contribution in [-0.4, -0.2) is 31.9 Å². The third-order valence-corrected chi connectivity index (χ3v) is 6.84. The fraction of sp³-hybridized carbons (Fsp3) is 0.611. The van der Waals surface area contributed by atoms with E-state index in [0.29, 0.717) is 18.8 Å². The zero-order valence-corrected chi connectivity index (χ0v) is 16.5. The summed E-state index contributed by atoms with van der Waals surface area (Å²) in [6, 6.07) is 7.64. The second-order valence-electron chi connectivity index (χ2n) is 6.95. The Kier molecular flexibility index (Phi) is 8.38. The van der Waals surface area contributed by atoms with Gasteiger partial charge in [0, 0.05) is 12.6 Å². The smallest absolute Gasteiger partial charge is 0.235 e. The third kappa shape index (κ3) is 6.28. The van der Waals surface area contributed by atoms with Crippen molar-refractivity contribution in [1.29, 1.82) is 0 Å². The first-order chi connectivity index (χ1) is 11.3. The first-order valence-corrected chi connectivity index (χ1v) is 10.3. The van der Waals surface area contributed by atoms with Crippen LogP contribution < -0.4 is 11.1 Å². The molecule has 0 bridgehead atoms. The summed E-state index contributed by atoms with van der Waals surface area (Å²) in [6.07, 6.45) is 3.22. The summed E-state index contributed by atoms with van der Waals surface area (Å²) in [7, 11) is -3.34. The van der Waals surface area contributed by atoms with Gasteiger partial charge in [-0.15, -0.1) is 12.4 Å². The summed E-state index contributed by atoms with van der Waals surface area (Å²) in [6.45, 7) is 4.49. The van der Waals surface area contributed by atoms with Gasteiger partial charge in [0.2, 0.25) is 5.91 Å². The maximum atomic E-state index is 12.2. The van der Waals surface area contributed by atoms with E-state index in [0.717, 1.165) is 18.4 Å². The van der Waals surface area contributed by atoms with Crippen molar-refractivity contribution < 1.29 is 13.2 Å². The van der Waals surface area contributed by atoms with E-state index in [1.54, 1.807) is 0 Å². The highest BCUT2D eigenvalue weighted by atomic mass is 35.5. The summed E-state index contributed by atoms with van der Waals surface area (Å²) in [5.41, 5.74) is 8.25. The Morgan fingerprint density at radius 1 is 1.16 bits per heavy atom. The zero-order chi connectivity index (χ0) is 17.7. The first-order valence-electron chi connectivity index (χ1n) is 8.63. The Labute approximate surface area is 157 Å². The van der Waals surface area contributed by atoms with Gasteiger partial charge in [0.05, 0.1) is 5.25 Å². The van der Waals surface area contributed by atoms with Crippen molar-refractivity contribution in [2.45, 2.75) is 56.7 Å². The van der Waals surface area contributed by atoms with Gasteiger partial charge in [-0.1, -0.05) is 51.0 Å². The number of amides is 1. The highest BCUT2D eigenvalue weighted by Gasteiger charge is 2.30. The number of nitrogens with one attached hydrogen (secondary N) is 1. The molecule has 2 rings (SSSR count). The summed E-state index contributed by atoms with van der Waals surface area (Å²) in [5, 5.41) is 2.31. The molecular formula is C18H29ClN2O3S. The first kappa shape index (κ1) is 21.9. The third-order valence-electron chi connectivity index (χ3n) is 4.69. The Morgan fingerprint density at radius 3 is 2.20 bits per heavy atom. The molecule has 1 aliphatic carbocycles. The average Bonchev–Trinajstić information content (AvgIpc) is 3.07. The van der Waals surface area contributed by atoms with Crippen LogP contribution in [0.15, 0.2) is 24.3 Å². The van der Waals surface area contributed by atoms with Gasteiger partial charge >= 0.3 is 0 Å². The number of carbonyl (C=O) groups excluding carboxylic acids is 1. The van der Waals surface area contributed by atoms with Gasteiger partial charge in [-0.2, -0.15) is 0 Å². The summed E-state index contributed by atoms with van der Waals surface area (Å²) < 4.78 is 24.3. The molecule has 1 amide bonds. The SMILES string of the molecule is CC(C)c1ccc(C(N)CNC(=O)CS(=O)(=O)C2CCCC2)cc1.Cl. The van der Waals surface area contributed by atoms with Crippen LogP contribution in [0.2, 0.25) is 0 Å². The predicted molar refractivity (Wildman–Crippen MR) is 104 cm³/mol. The zero-order valence-electron chi connectivity index (χ0n) is 14.9. The Balaban J connectivity index is 0.00000312. The van der Waals surface area contributed by atoms with Crippen molar-refractivity contribution in [2.75, 3.05) is 12.3 Å². The molecule has 0 spiro atoms. The van der Waals surface area contributed by atoms with Gasteiger partial charge in [0.15, 0.2) is 9.84 Å². The number of rotatable bonds is 7. The second kappa shape index (κ2) is 9.55. The van der Waals surface area contributed by atoms with Gasteiger partial charge in [-0.05, 0) is 29.9 Å². The second-order valence-corrected chi connectivity index (χ2v) is 9.23. The molecule has 0 aromatic heterocycles. The number of nitrogens with two attached hydrogens (primary N) is 1. The number of sulfone groups is 1. The fourth-order valence-electron chi connectivity index (χ4n) is 3.07. The fourth-order valence-corrected chi connectivity index (χ4v) is 4.82. The molecule has 25 heavy (non-hydrogen) atoms. The highest BCUT2D eigenvalue weighted by Crippen LogP contribution is 2.25. The molecule has 3 N–H and O–H groups in total.